The summed E-state index contributed by atoms with van der Waals surface area (Å²) in [4.78, 5) is 12.3. The summed E-state index contributed by atoms with van der Waals surface area (Å²) in [6.45, 7) is 4.10. The summed E-state index contributed by atoms with van der Waals surface area (Å²) < 4.78 is 10.8. The second kappa shape index (κ2) is 9.41. The molecule has 3 aromatic rings. The molecule has 7 heteroatoms. The Bertz CT molecular complexity index is 907. The van der Waals surface area contributed by atoms with Gasteiger partial charge in [-0.3, -0.25) is 4.79 Å². The molecule has 0 unspecified atom stereocenters. The molecule has 2 aromatic carbocycles. The lowest BCUT2D eigenvalue weighted by Crippen LogP contribution is -2.29. The molecule has 0 aliphatic heterocycles. The Labute approximate surface area is 168 Å². The number of thioether (sulfide) groups is 1. The van der Waals surface area contributed by atoms with Crippen molar-refractivity contribution in [2.45, 2.75) is 31.5 Å². The van der Waals surface area contributed by atoms with Crippen LogP contribution in [0.1, 0.15) is 30.5 Å². The number of ether oxygens (including phenoxy) is 1. The van der Waals surface area contributed by atoms with Crippen LogP contribution in [0.15, 0.2) is 58.2 Å². The van der Waals surface area contributed by atoms with E-state index in [0.717, 1.165) is 23.3 Å². The molecular formula is C21H23N3O3S. The average molecular weight is 398 g/mol. The summed E-state index contributed by atoms with van der Waals surface area (Å²) >= 11 is 1.22. The third-order valence-corrected chi connectivity index (χ3v) is 5.11. The van der Waals surface area contributed by atoms with Gasteiger partial charge in [0.05, 0.1) is 18.9 Å². The molecule has 0 aliphatic rings. The molecule has 0 spiro atoms. The molecule has 28 heavy (non-hydrogen) atoms. The van der Waals surface area contributed by atoms with Crippen LogP contribution in [0.4, 0.5) is 0 Å². The van der Waals surface area contributed by atoms with Crippen molar-refractivity contribution >= 4 is 17.7 Å². The van der Waals surface area contributed by atoms with Crippen LogP contribution in [-0.4, -0.2) is 29.0 Å². The summed E-state index contributed by atoms with van der Waals surface area (Å²) in [7, 11) is 1.61. The minimum atomic E-state index is -0.0679. The predicted octanol–water partition coefficient (Wildman–Crippen LogP) is 4.41. The minimum absolute atomic E-state index is 0.00811. The van der Waals surface area contributed by atoms with Crippen molar-refractivity contribution < 1.29 is 13.9 Å². The average Bonchev–Trinajstić information content (AvgIpc) is 3.20. The Hall–Kier alpha value is -2.80. The SMILES string of the molecule is CC[C@H](NC(=O)CSc1nnc(-c2ccc(OC)cc2)o1)c1ccc(C)cc1. The number of aryl methyl sites for hydroxylation is 1. The number of carbonyl (C=O) groups excluding carboxylic acids is 1. The largest absolute Gasteiger partial charge is 0.497 e. The zero-order valence-corrected chi connectivity index (χ0v) is 17.0. The van der Waals surface area contributed by atoms with Gasteiger partial charge in [0.25, 0.3) is 5.22 Å². The van der Waals surface area contributed by atoms with Gasteiger partial charge in [-0.2, -0.15) is 0 Å². The lowest BCUT2D eigenvalue weighted by Gasteiger charge is -2.17. The van der Waals surface area contributed by atoms with E-state index in [-0.39, 0.29) is 17.7 Å². The van der Waals surface area contributed by atoms with E-state index in [1.165, 1.54) is 17.3 Å². The van der Waals surface area contributed by atoms with Crippen LogP contribution in [0.2, 0.25) is 0 Å². The quantitative estimate of drug-likeness (QED) is 0.567. The fraction of sp³-hybridized carbons (Fsp3) is 0.286. The number of hydrogen-bond donors (Lipinski definition) is 1. The van der Waals surface area contributed by atoms with Crippen LogP contribution in [0, 0.1) is 6.92 Å². The van der Waals surface area contributed by atoms with E-state index in [1.54, 1.807) is 7.11 Å². The van der Waals surface area contributed by atoms with Crippen molar-refractivity contribution in [2.75, 3.05) is 12.9 Å². The minimum Gasteiger partial charge on any atom is -0.497 e. The molecule has 6 nitrogen and oxygen atoms in total. The number of carbonyl (C=O) groups is 1. The molecule has 0 radical (unpaired) electrons. The summed E-state index contributed by atoms with van der Waals surface area (Å²) in [6, 6.07) is 15.6. The van der Waals surface area contributed by atoms with Crippen molar-refractivity contribution in [1.29, 1.82) is 0 Å². The van der Waals surface area contributed by atoms with Crippen LogP contribution in [0.3, 0.4) is 0 Å². The first-order valence-corrected chi connectivity index (χ1v) is 10.0. The molecular weight excluding hydrogens is 374 g/mol. The van der Waals surface area contributed by atoms with Gasteiger partial charge in [0.1, 0.15) is 5.75 Å². The number of nitrogens with one attached hydrogen (secondary N) is 1. The van der Waals surface area contributed by atoms with Crippen molar-refractivity contribution in [3.05, 3.63) is 59.7 Å². The van der Waals surface area contributed by atoms with Gasteiger partial charge in [-0.1, -0.05) is 48.5 Å². The number of benzene rings is 2. The fourth-order valence-electron chi connectivity index (χ4n) is 2.70. The maximum absolute atomic E-state index is 12.3. The van der Waals surface area contributed by atoms with E-state index < -0.39 is 0 Å². The van der Waals surface area contributed by atoms with Gasteiger partial charge < -0.3 is 14.5 Å². The summed E-state index contributed by atoms with van der Waals surface area (Å²) in [5.41, 5.74) is 3.10. The lowest BCUT2D eigenvalue weighted by molar-refractivity contribution is -0.119. The van der Waals surface area contributed by atoms with Crippen molar-refractivity contribution in [2.24, 2.45) is 0 Å². The number of aromatic nitrogens is 2. The van der Waals surface area contributed by atoms with Gasteiger partial charge in [-0.15, -0.1) is 10.2 Å². The molecule has 1 aromatic heterocycles. The molecule has 1 atom stereocenters. The van der Waals surface area contributed by atoms with Gasteiger partial charge in [0.15, 0.2) is 0 Å². The topological polar surface area (TPSA) is 77.2 Å². The molecule has 146 valence electrons. The Kier molecular flexibility index (Phi) is 6.71. The smallest absolute Gasteiger partial charge is 0.277 e. The number of methoxy groups -OCH3 is 1. The fourth-order valence-corrected chi connectivity index (χ4v) is 3.28. The zero-order chi connectivity index (χ0) is 19.9. The Morgan fingerprint density at radius 1 is 1.14 bits per heavy atom. The Balaban J connectivity index is 1.55. The molecule has 1 N–H and O–H groups in total. The van der Waals surface area contributed by atoms with Gasteiger partial charge in [-0.25, -0.2) is 0 Å². The van der Waals surface area contributed by atoms with Crippen molar-refractivity contribution in [3.63, 3.8) is 0 Å². The number of hydrogen-bond acceptors (Lipinski definition) is 6. The molecule has 1 heterocycles. The monoisotopic (exact) mass is 397 g/mol. The van der Waals surface area contributed by atoms with Gasteiger partial charge in [0.2, 0.25) is 11.8 Å². The molecule has 0 saturated heterocycles. The maximum Gasteiger partial charge on any atom is 0.277 e. The standard InChI is InChI=1S/C21H23N3O3S/c1-4-18(15-7-5-14(2)6-8-15)22-19(25)13-28-21-24-23-20(27-21)16-9-11-17(26-3)12-10-16/h5-12,18H,4,13H2,1-3H3,(H,22,25)/t18-/m0/s1. The summed E-state index contributed by atoms with van der Waals surface area (Å²) in [5, 5.41) is 11.5. The molecule has 0 saturated carbocycles. The highest BCUT2D eigenvalue weighted by Gasteiger charge is 2.15. The highest BCUT2D eigenvalue weighted by Crippen LogP contribution is 2.25. The normalized spacial score (nSPS) is 11.8. The van der Waals surface area contributed by atoms with Crippen molar-refractivity contribution in [1.82, 2.24) is 15.5 Å². The van der Waals surface area contributed by atoms with E-state index in [9.17, 15) is 4.79 Å². The first-order chi connectivity index (χ1) is 13.6. The zero-order valence-electron chi connectivity index (χ0n) is 16.1. The summed E-state index contributed by atoms with van der Waals surface area (Å²) in [5.74, 6) is 1.32. The Morgan fingerprint density at radius 2 is 1.86 bits per heavy atom. The van der Waals surface area contributed by atoms with E-state index in [4.69, 9.17) is 9.15 Å². The predicted molar refractivity (Wildman–Crippen MR) is 109 cm³/mol. The van der Waals surface area contributed by atoms with Gasteiger partial charge in [0, 0.05) is 5.56 Å². The third kappa shape index (κ3) is 5.13. The first-order valence-electron chi connectivity index (χ1n) is 9.05. The number of nitrogens with zero attached hydrogens (tertiary/aromatic N) is 2. The first kappa shape index (κ1) is 19.9. The summed E-state index contributed by atoms with van der Waals surface area (Å²) in [6.07, 6.45) is 0.821. The van der Waals surface area contributed by atoms with Crippen LogP contribution < -0.4 is 10.1 Å². The van der Waals surface area contributed by atoms with Crippen LogP contribution in [-0.2, 0) is 4.79 Å². The molecule has 0 bridgehead atoms. The van der Waals surface area contributed by atoms with E-state index in [2.05, 4.69) is 46.7 Å². The second-order valence-corrected chi connectivity index (χ2v) is 7.26. The molecule has 0 aliphatic carbocycles. The molecule has 0 fully saturated rings. The second-order valence-electron chi connectivity index (χ2n) is 6.33. The van der Waals surface area contributed by atoms with E-state index in [0.29, 0.717) is 11.1 Å². The lowest BCUT2D eigenvalue weighted by atomic mass is 10.0. The molecule has 1 amide bonds. The Morgan fingerprint density at radius 3 is 2.50 bits per heavy atom. The van der Waals surface area contributed by atoms with Gasteiger partial charge in [-0.05, 0) is 43.2 Å². The highest BCUT2D eigenvalue weighted by molar-refractivity contribution is 7.99. The van der Waals surface area contributed by atoms with Crippen molar-refractivity contribution in [3.8, 4) is 17.2 Å². The van der Waals surface area contributed by atoms with Crippen LogP contribution in [0.5, 0.6) is 5.75 Å². The number of amides is 1. The highest BCUT2D eigenvalue weighted by atomic mass is 32.2. The third-order valence-electron chi connectivity index (χ3n) is 4.29. The van der Waals surface area contributed by atoms with E-state index in [1.807, 2.05) is 31.2 Å². The number of rotatable bonds is 8. The van der Waals surface area contributed by atoms with Crippen LogP contribution >= 0.6 is 11.8 Å². The van der Waals surface area contributed by atoms with E-state index >= 15 is 0 Å². The van der Waals surface area contributed by atoms with Gasteiger partial charge >= 0.3 is 0 Å². The molecule has 3 rings (SSSR count). The van der Waals surface area contributed by atoms with Crippen LogP contribution in [0.25, 0.3) is 11.5 Å². The maximum atomic E-state index is 12.3.